The summed E-state index contributed by atoms with van der Waals surface area (Å²) >= 11 is 3.49. The van der Waals surface area contributed by atoms with Crippen molar-refractivity contribution in [2.45, 2.75) is 31.7 Å². The molecule has 1 saturated carbocycles. The van der Waals surface area contributed by atoms with Gasteiger partial charge in [-0.05, 0) is 53.0 Å². The number of pyridine rings is 1. The van der Waals surface area contributed by atoms with Gasteiger partial charge in [-0.25, -0.2) is 4.98 Å². The quantitative estimate of drug-likeness (QED) is 0.473. The van der Waals surface area contributed by atoms with Crippen molar-refractivity contribution in [3.63, 3.8) is 0 Å². The molecule has 7 nitrogen and oxygen atoms in total. The molecule has 0 bridgehead atoms. The van der Waals surface area contributed by atoms with Gasteiger partial charge in [0.2, 0.25) is 0 Å². The van der Waals surface area contributed by atoms with E-state index >= 15 is 0 Å². The van der Waals surface area contributed by atoms with Crippen molar-refractivity contribution in [1.82, 2.24) is 9.38 Å². The van der Waals surface area contributed by atoms with E-state index in [9.17, 15) is 15.2 Å². The number of imidazole rings is 1. The van der Waals surface area contributed by atoms with Crippen molar-refractivity contribution in [1.29, 1.82) is 0 Å². The molecule has 1 fully saturated rings. The molecule has 0 amide bonds. The van der Waals surface area contributed by atoms with E-state index in [1.165, 1.54) is 25.0 Å². The van der Waals surface area contributed by atoms with Gasteiger partial charge in [0.15, 0.2) is 5.75 Å². The average molecular weight is 417 g/mol. The Bertz CT molecular complexity index is 996. The van der Waals surface area contributed by atoms with Crippen molar-refractivity contribution in [3.8, 4) is 17.0 Å². The molecule has 1 aromatic carbocycles. The van der Waals surface area contributed by atoms with Gasteiger partial charge in [0.1, 0.15) is 17.2 Å². The van der Waals surface area contributed by atoms with Gasteiger partial charge in [-0.2, -0.15) is 0 Å². The number of nitrogens with one attached hydrogen (secondary N) is 1. The molecular formula is C18H17BrN4O3. The first kappa shape index (κ1) is 16.8. The number of phenolic OH excluding ortho intramolecular Hbond substituents is 1. The predicted octanol–water partition coefficient (Wildman–Crippen LogP) is 4.73. The molecule has 26 heavy (non-hydrogen) atoms. The molecule has 3 aromatic rings. The molecule has 8 heteroatoms. The minimum absolute atomic E-state index is 0.314. The standard InChI is InChI=1S/C18H17BrN4O3/c19-12-6-8-16-21-17(11-5-7-14(23(25)26)15(24)9-11)18(22(16)10-12)20-13-3-1-2-4-13/h5-10,13,20,24H,1-4H2. The Morgan fingerprint density at radius 1 is 1.27 bits per heavy atom. The summed E-state index contributed by atoms with van der Waals surface area (Å²) in [5.74, 6) is 0.471. The van der Waals surface area contributed by atoms with E-state index in [0.29, 0.717) is 17.3 Å². The van der Waals surface area contributed by atoms with Crippen LogP contribution in [0.2, 0.25) is 0 Å². The molecule has 0 atom stereocenters. The zero-order chi connectivity index (χ0) is 18.3. The lowest BCUT2D eigenvalue weighted by Gasteiger charge is -2.15. The summed E-state index contributed by atoms with van der Waals surface area (Å²) in [6.07, 6.45) is 6.55. The highest BCUT2D eigenvalue weighted by Crippen LogP contribution is 2.36. The van der Waals surface area contributed by atoms with Gasteiger partial charge in [0.05, 0.1) is 4.92 Å². The first-order valence-electron chi connectivity index (χ1n) is 8.45. The highest BCUT2D eigenvalue weighted by atomic mass is 79.9. The van der Waals surface area contributed by atoms with Crippen LogP contribution < -0.4 is 5.32 Å². The molecule has 0 aliphatic heterocycles. The lowest BCUT2D eigenvalue weighted by Crippen LogP contribution is -2.16. The summed E-state index contributed by atoms with van der Waals surface area (Å²) in [5, 5.41) is 24.5. The number of nitro groups is 1. The Labute approximate surface area is 158 Å². The van der Waals surface area contributed by atoms with Crippen LogP contribution in [0, 0.1) is 10.1 Å². The zero-order valence-corrected chi connectivity index (χ0v) is 15.4. The lowest BCUT2D eigenvalue weighted by atomic mass is 10.1. The Morgan fingerprint density at radius 2 is 2.04 bits per heavy atom. The van der Waals surface area contributed by atoms with Crippen LogP contribution in [0.5, 0.6) is 5.75 Å². The molecule has 134 valence electrons. The topological polar surface area (TPSA) is 92.7 Å². The predicted molar refractivity (Wildman–Crippen MR) is 103 cm³/mol. The molecule has 2 N–H and O–H groups in total. The maximum Gasteiger partial charge on any atom is 0.310 e. The molecular weight excluding hydrogens is 400 g/mol. The largest absolute Gasteiger partial charge is 0.502 e. The van der Waals surface area contributed by atoms with Crippen LogP contribution in [0.1, 0.15) is 25.7 Å². The maximum absolute atomic E-state index is 11.0. The highest BCUT2D eigenvalue weighted by Gasteiger charge is 2.22. The van der Waals surface area contributed by atoms with Gasteiger partial charge in [-0.1, -0.05) is 12.8 Å². The first-order chi connectivity index (χ1) is 12.5. The third-order valence-corrected chi connectivity index (χ3v) is 5.19. The van der Waals surface area contributed by atoms with E-state index < -0.39 is 4.92 Å². The summed E-state index contributed by atoms with van der Waals surface area (Å²) < 4.78 is 2.89. The van der Waals surface area contributed by atoms with Gasteiger partial charge >= 0.3 is 5.69 Å². The molecule has 0 unspecified atom stereocenters. The van der Waals surface area contributed by atoms with Gasteiger partial charge in [0.25, 0.3) is 0 Å². The summed E-state index contributed by atoms with van der Waals surface area (Å²) in [7, 11) is 0. The van der Waals surface area contributed by atoms with Gasteiger partial charge in [-0.3, -0.25) is 14.5 Å². The summed E-state index contributed by atoms with van der Waals surface area (Å²) in [4.78, 5) is 15.0. The second-order valence-electron chi connectivity index (χ2n) is 6.47. The van der Waals surface area contributed by atoms with E-state index in [1.807, 2.05) is 22.7 Å². The Hall–Kier alpha value is -2.61. The van der Waals surface area contributed by atoms with E-state index in [0.717, 1.165) is 28.8 Å². The van der Waals surface area contributed by atoms with Crippen molar-refractivity contribution in [2.24, 2.45) is 0 Å². The fraction of sp³-hybridized carbons (Fsp3) is 0.278. The Kier molecular flexibility index (Phi) is 4.28. The van der Waals surface area contributed by atoms with Gasteiger partial charge in [0, 0.05) is 28.3 Å². The lowest BCUT2D eigenvalue weighted by molar-refractivity contribution is -0.385. The molecule has 1 aliphatic rings. The number of aromatic nitrogens is 2. The summed E-state index contributed by atoms with van der Waals surface area (Å²) in [6, 6.07) is 8.52. The number of hydrogen-bond acceptors (Lipinski definition) is 5. The Morgan fingerprint density at radius 3 is 2.73 bits per heavy atom. The number of fused-ring (bicyclic) bond motifs is 1. The number of nitrogens with zero attached hydrogens (tertiary/aromatic N) is 3. The van der Waals surface area contributed by atoms with Crippen LogP contribution in [0.4, 0.5) is 11.5 Å². The van der Waals surface area contributed by atoms with Crippen molar-refractivity contribution in [3.05, 3.63) is 51.1 Å². The van der Waals surface area contributed by atoms with Crippen molar-refractivity contribution < 1.29 is 10.0 Å². The van der Waals surface area contributed by atoms with Crippen LogP contribution >= 0.6 is 15.9 Å². The minimum Gasteiger partial charge on any atom is -0.502 e. The van der Waals surface area contributed by atoms with Gasteiger partial charge in [-0.15, -0.1) is 0 Å². The molecule has 0 radical (unpaired) electrons. The number of hydrogen-bond donors (Lipinski definition) is 2. The van der Waals surface area contributed by atoms with E-state index in [1.54, 1.807) is 6.07 Å². The SMILES string of the molecule is O=[N+]([O-])c1ccc(-c2nc3ccc(Br)cn3c2NC2CCCC2)cc1O. The normalized spacial score (nSPS) is 14.8. The zero-order valence-electron chi connectivity index (χ0n) is 13.9. The number of anilines is 1. The molecule has 0 saturated heterocycles. The average Bonchev–Trinajstić information content (AvgIpc) is 3.23. The van der Waals surface area contributed by atoms with Crippen LogP contribution in [0.15, 0.2) is 41.0 Å². The third-order valence-electron chi connectivity index (χ3n) is 4.72. The second kappa shape index (κ2) is 6.60. The number of nitro benzene ring substituents is 1. The van der Waals surface area contributed by atoms with E-state index in [-0.39, 0.29) is 11.4 Å². The first-order valence-corrected chi connectivity index (χ1v) is 9.24. The fourth-order valence-electron chi connectivity index (χ4n) is 3.45. The molecule has 2 aromatic heterocycles. The summed E-state index contributed by atoms with van der Waals surface area (Å²) in [6.45, 7) is 0. The number of aromatic hydroxyl groups is 1. The van der Waals surface area contributed by atoms with Crippen molar-refractivity contribution >= 4 is 33.1 Å². The van der Waals surface area contributed by atoms with Crippen LogP contribution in [-0.2, 0) is 0 Å². The third kappa shape index (κ3) is 3.01. The van der Waals surface area contributed by atoms with E-state index in [4.69, 9.17) is 0 Å². The smallest absolute Gasteiger partial charge is 0.310 e. The molecule has 4 rings (SSSR count). The monoisotopic (exact) mass is 416 g/mol. The second-order valence-corrected chi connectivity index (χ2v) is 7.39. The summed E-state index contributed by atoms with van der Waals surface area (Å²) in [5.41, 5.74) is 1.75. The van der Waals surface area contributed by atoms with E-state index in [2.05, 4.69) is 26.2 Å². The highest BCUT2D eigenvalue weighted by molar-refractivity contribution is 9.10. The van der Waals surface area contributed by atoms with Gasteiger partial charge < -0.3 is 10.4 Å². The Balaban J connectivity index is 1.85. The van der Waals surface area contributed by atoms with Crippen LogP contribution in [-0.4, -0.2) is 25.5 Å². The number of halogens is 1. The fourth-order valence-corrected chi connectivity index (χ4v) is 3.78. The number of phenols is 1. The minimum atomic E-state index is -0.600. The van der Waals surface area contributed by atoms with Crippen molar-refractivity contribution in [2.75, 3.05) is 5.32 Å². The maximum atomic E-state index is 11.0. The van der Waals surface area contributed by atoms with Crippen LogP contribution in [0.25, 0.3) is 16.9 Å². The number of benzene rings is 1. The van der Waals surface area contributed by atoms with Crippen LogP contribution in [0.3, 0.4) is 0 Å². The number of rotatable bonds is 4. The molecule has 1 aliphatic carbocycles. The molecule has 2 heterocycles. The molecule has 0 spiro atoms.